The first-order valence-corrected chi connectivity index (χ1v) is 8.40. The molecule has 0 spiro atoms. The number of hydrogen-bond acceptors (Lipinski definition) is 4. The van der Waals surface area contributed by atoms with Crippen molar-refractivity contribution in [1.29, 1.82) is 0 Å². The van der Waals surface area contributed by atoms with Crippen LogP contribution in [0.15, 0.2) is 57.2 Å². The van der Waals surface area contributed by atoms with Crippen LogP contribution in [0, 0.1) is 6.92 Å². The molecule has 0 bridgehead atoms. The molecule has 3 aromatic rings. The number of aromatic amines is 1. The maximum atomic E-state index is 5.28. The van der Waals surface area contributed by atoms with Crippen LogP contribution in [0.4, 0.5) is 0 Å². The van der Waals surface area contributed by atoms with Crippen LogP contribution in [-0.2, 0) is 6.54 Å². The van der Waals surface area contributed by atoms with E-state index in [4.69, 9.17) is 4.42 Å². The fourth-order valence-electron chi connectivity index (χ4n) is 2.73. The molecule has 0 saturated heterocycles. The van der Waals surface area contributed by atoms with Gasteiger partial charge in [-0.05, 0) is 25.1 Å². The molecule has 7 heteroatoms. The van der Waals surface area contributed by atoms with E-state index in [0.29, 0.717) is 6.54 Å². The van der Waals surface area contributed by atoms with Gasteiger partial charge in [0.15, 0.2) is 5.17 Å². The Hall–Kier alpha value is -2.18. The lowest BCUT2D eigenvalue weighted by Crippen LogP contribution is -2.25. The molecule has 0 aliphatic carbocycles. The van der Waals surface area contributed by atoms with Gasteiger partial charge in [-0.1, -0.05) is 30.0 Å². The Bertz CT molecular complexity index is 899. The largest absolute Gasteiger partial charge is 0.467 e. The number of nitrogens with one attached hydrogen (secondary N) is 2. The molecule has 0 unspecified atom stereocenters. The molecule has 1 aliphatic heterocycles. The second-order valence-corrected chi connectivity index (χ2v) is 6.29. The van der Waals surface area contributed by atoms with Gasteiger partial charge < -0.3 is 9.40 Å². The molecule has 3 heterocycles. The maximum absolute atomic E-state index is 5.28. The number of aromatic nitrogens is 1. The summed E-state index contributed by atoms with van der Waals surface area (Å²) in [6.07, 6.45) is 1.66. The molecule has 0 atom stereocenters. The quantitative estimate of drug-likeness (QED) is 0.739. The lowest BCUT2D eigenvalue weighted by atomic mass is 10.1. The molecular formula is C17H17ClN4OS. The van der Waals surface area contributed by atoms with Crippen LogP contribution in [0.5, 0.6) is 0 Å². The number of amidine groups is 1. The molecule has 0 radical (unpaired) electrons. The lowest BCUT2D eigenvalue weighted by molar-refractivity contribution is 0.512. The average Bonchev–Trinajstić information content (AvgIpc) is 3.20. The van der Waals surface area contributed by atoms with Crippen molar-refractivity contribution >= 4 is 46.0 Å². The minimum absolute atomic E-state index is 0. The summed E-state index contributed by atoms with van der Waals surface area (Å²) in [4.78, 5) is 7.90. The molecule has 0 fully saturated rings. The number of para-hydroxylation sites is 1. The van der Waals surface area contributed by atoms with Gasteiger partial charge in [0.25, 0.3) is 0 Å². The molecule has 4 rings (SSSR count). The Morgan fingerprint density at radius 2 is 2.12 bits per heavy atom. The zero-order valence-electron chi connectivity index (χ0n) is 13.1. The third kappa shape index (κ3) is 3.20. The van der Waals surface area contributed by atoms with E-state index >= 15 is 0 Å². The molecule has 2 N–H and O–H groups in total. The van der Waals surface area contributed by atoms with Crippen molar-refractivity contribution in [2.24, 2.45) is 10.1 Å². The van der Waals surface area contributed by atoms with Crippen molar-refractivity contribution in [1.82, 2.24) is 10.4 Å². The Balaban J connectivity index is 0.00000169. The highest BCUT2D eigenvalue weighted by Gasteiger charge is 2.18. The SMILES string of the molecule is Cc1[nH]c2ccccc2c1C1=NNC(=NCc2ccco2)SC1.Cl. The summed E-state index contributed by atoms with van der Waals surface area (Å²) in [7, 11) is 0. The topological polar surface area (TPSA) is 65.7 Å². The second-order valence-electron chi connectivity index (χ2n) is 5.33. The number of fused-ring (bicyclic) bond motifs is 1. The summed E-state index contributed by atoms with van der Waals surface area (Å²) in [5.74, 6) is 1.65. The van der Waals surface area contributed by atoms with E-state index < -0.39 is 0 Å². The third-order valence-corrected chi connectivity index (χ3v) is 4.68. The van der Waals surface area contributed by atoms with Crippen molar-refractivity contribution in [2.45, 2.75) is 13.5 Å². The maximum Gasteiger partial charge on any atom is 0.177 e. The van der Waals surface area contributed by atoms with Crippen molar-refractivity contribution in [3.63, 3.8) is 0 Å². The number of halogens is 1. The fraction of sp³-hybridized carbons (Fsp3) is 0.176. The van der Waals surface area contributed by atoms with E-state index in [0.717, 1.165) is 33.6 Å². The van der Waals surface area contributed by atoms with Crippen LogP contribution in [0.25, 0.3) is 10.9 Å². The second kappa shape index (κ2) is 7.15. The van der Waals surface area contributed by atoms with Gasteiger partial charge in [-0.3, -0.25) is 10.4 Å². The number of furan rings is 1. The monoisotopic (exact) mass is 360 g/mol. The minimum atomic E-state index is 0. The first-order valence-electron chi connectivity index (χ1n) is 7.41. The van der Waals surface area contributed by atoms with E-state index in [1.165, 1.54) is 10.9 Å². The third-order valence-electron chi connectivity index (χ3n) is 3.77. The number of H-pyrrole nitrogens is 1. The molecule has 1 aliphatic rings. The molecule has 1 aromatic carbocycles. The van der Waals surface area contributed by atoms with Crippen LogP contribution >= 0.6 is 24.2 Å². The number of rotatable bonds is 3. The summed E-state index contributed by atoms with van der Waals surface area (Å²) >= 11 is 1.66. The van der Waals surface area contributed by atoms with Gasteiger partial charge in [0.1, 0.15) is 5.76 Å². The number of nitrogens with zero attached hydrogens (tertiary/aromatic N) is 2. The zero-order chi connectivity index (χ0) is 15.6. The summed E-state index contributed by atoms with van der Waals surface area (Å²) < 4.78 is 5.28. The van der Waals surface area contributed by atoms with E-state index in [1.807, 2.05) is 18.2 Å². The Morgan fingerprint density at radius 3 is 2.88 bits per heavy atom. The van der Waals surface area contributed by atoms with E-state index in [9.17, 15) is 0 Å². The standard InChI is InChI=1S/C17H16N4OS.ClH/c1-11-16(13-6-2-3-7-14(13)19-11)15-10-23-17(21-20-15)18-9-12-5-4-8-22-12;/h2-8,19H,9-10H2,1H3,(H,18,21);1H. The number of hydrogen-bond donors (Lipinski definition) is 2. The van der Waals surface area contributed by atoms with Crippen LogP contribution in [0.2, 0.25) is 0 Å². The van der Waals surface area contributed by atoms with Gasteiger partial charge >= 0.3 is 0 Å². The molecule has 24 heavy (non-hydrogen) atoms. The lowest BCUT2D eigenvalue weighted by Gasteiger charge is -2.15. The van der Waals surface area contributed by atoms with Gasteiger partial charge in [0.2, 0.25) is 0 Å². The van der Waals surface area contributed by atoms with Gasteiger partial charge in [-0.15, -0.1) is 12.4 Å². The highest BCUT2D eigenvalue weighted by atomic mass is 35.5. The van der Waals surface area contributed by atoms with E-state index in [1.54, 1.807) is 18.0 Å². The predicted octanol–water partition coefficient (Wildman–Crippen LogP) is 4.09. The van der Waals surface area contributed by atoms with Crippen LogP contribution < -0.4 is 5.43 Å². The first-order chi connectivity index (χ1) is 11.3. The summed E-state index contributed by atoms with van der Waals surface area (Å²) in [5, 5.41) is 6.56. The fourth-order valence-corrected chi connectivity index (χ4v) is 3.47. The smallest absolute Gasteiger partial charge is 0.177 e. The number of hydrazone groups is 1. The highest BCUT2D eigenvalue weighted by molar-refractivity contribution is 8.14. The normalized spacial score (nSPS) is 15.9. The Morgan fingerprint density at radius 1 is 1.25 bits per heavy atom. The number of aryl methyl sites for hydroxylation is 1. The van der Waals surface area contributed by atoms with Gasteiger partial charge in [0, 0.05) is 27.9 Å². The average molecular weight is 361 g/mol. The molecule has 2 aromatic heterocycles. The molecule has 0 saturated carbocycles. The zero-order valence-corrected chi connectivity index (χ0v) is 14.7. The van der Waals surface area contributed by atoms with Crippen LogP contribution in [-0.4, -0.2) is 21.6 Å². The molecule has 124 valence electrons. The van der Waals surface area contributed by atoms with Crippen molar-refractivity contribution in [3.8, 4) is 0 Å². The van der Waals surface area contributed by atoms with Gasteiger partial charge in [-0.2, -0.15) is 5.10 Å². The Kier molecular flexibility index (Phi) is 4.97. The highest BCUT2D eigenvalue weighted by Crippen LogP contribution is 2.25. The van der Waals surface area contributed by atoms with Gasteiger partial charge in [-0.25, -0.2) is 0 Å². The van der Waals surface area contributed by atoms with Crippen molar-refractivity contribution in [2.75, 3.05) is 5.75 Å². The van der Waals surface area contributed by atoms with E-state index in [2.05, 4.69) is 45.6 Å². The van der Waals surface area contributed by atoms with Crippen molar-refractivity contribution in [3.05, 3.63) is 59.7 Å². The minimum Gasteiger partial charge on any atom is -0.467 e. The summed E-state index contributed by atoms with van der Waals surface area (Å²) in [5.41, 5.74) is 7.57. The number of aliphatic imine (C=N–C) groups is 1. The van der Waals surface area contributed by atoms with Crippen LogP contribution in [0.1, 0.15) is 17.0 Å². The number of benzene rings is 1. The summed E-state index contributed by atoms with van der Waals surface area (Å²) in [6, 6.07) is 12.1. The van der Waals surface area contributed by atoms with Crippen molar-refractivity contribution < 1.29 is 4.42 Å². The predicted molar refractivity (Wildman–Crippen MR) is 102 cm³/mol. The summed E-state index contributed by atoms with van der Waals surface area (Å²) in [6.45, 7) is 2.61. The van der Waals surface area contributed by atoms with Crippen LogP contribution in [0.3, 0.4) is 0 Å². The van der Waals surface area contributed by atoms with E-state index in [-0.39, 0.29) is 12.4 Å². The molecule has 5 nitrogen and oxygen atoms in total. The number of thioether (sulfide) groups is 1. The van der Waals surface area contributed by atoms with Gasteiger partial charge in [0.05, 0.1) is 18.5 Å². The molecular weight excluding hydrogens is 344 g/mol. The molecule has 0 amide bonds. The Labute approximate surface area is 150 Å². The first kappa shape index (κ1) is 16.7.